The van der Waals surface area contributed by atoms with Crippen LogP contribution in [-0.2, 0) is 10.0 Å². The van der Waals surface area contributed by atoms with Crippen LogP contribution in [0.5, 0.6) is 5.75 Å². The van der Waals surface area contributed by atoms with Crippen molar-refractivity contribution in [2.24, 2.45) is 0 Å². The number of carbonyl (C=O) groups is 1. The highest BCUT2D eigenvalue weighted by molar-refractivity contribution is 7.89. The summed E-state index contributed by atoms with van der Waals surface area (Å²) in [4.78, 5) is 12.7. The van der Waals surface area contributed by atoms with Gasteiger partial charge < -0.3 is 10.1 Å². The van der Waals surface area contributed by atoms with E-state index in [0.717, 1.165) is 32.1 Å². The molecule has 7 nitrogen and oxygen atoms in total. The number of rotatable bonds is 8. The molecule has 0 unspecified atom stereocenters. The molecule has 1 aliphatic rings. The number of amides is 1. The monoisotopic (exact) mass is 489 g/mol. The molecule has 0 aromatic heterocycles. The average Bonchev–Trinajstić information content (AvgIpc) is 2.83. The van der Waals surface area contributed by atoms with Crippen LogP contribution >= 0.6 is 12.2 Å². The minimum absolute atomic E-state index is 0.0511. The third kappa shape index (κ3) is 6.75. The Morgan fingerprint density at radius 1 is 1.12 bits per heavy atom. The Kier molecular flexibility index (Phi) is 8.82. The molecule has 1 saturated carbocycles. The number of hydrogen-bond acceptors (Lipinski definition) is 5. The summed E-state index contributed by atoms with van der Waals surface area (Å²) in [7, 11) is -1.90. The fourth-order valence-electron chi connectivity index (χ4n) is 3.80. The van der Waals surface area contributed by atoms with E-state index in [4.69, 9.17) is 17.0 Å². The van der Waals surface area contributed by atoms with Gasteiger partial charge in [0.15, 0.2) is 5.11 Å². The number of nitrogens with zero attached hydrogens (tertiary/aromatic N) is 1. The summed E-state index contributed by atoms with van der Waals surface area (Å²) in [5, 5.41) is 5.68. The molecule has 0 atom stereocenters. The van der Waals surface area contributed by atoms with Crippen LogP contribution in [0.1, 0.15) is 55.8 Å². The number of thiocarbonyl (C=S) groups is 1. The summed E-state index contributed by atoms with van der Waals surface area (Å²) in [6, 6.07) is 13.3. The van der Waals surface area contributed by atoms with Gasteiger partial charge in [0.05, 0.1) is 11.5 Å². The Labute approximate surface area is 201 Å². The second-order valence-electron chi connectivity index (χ2n) is 8.12. The molecule has 178 valence electrons. The molecule has 2 aromatic rings. The highest BCUT2D eigenvalue weighted by Gasteiger charge is 2.28. The van der Waals surface area contributed by atoms with Gasteiger partial charge in [0.1, 0.15) is 5.75 Å². The summed E-state index contributed by atoms with van der Waals surface area (Å²) in [5.74, 6) is 0.265. The summed E-state index contributed by atoms with van der Waals surface area (Å²) in [5.41, 5.74) is 1.01. The molecule has 0 saturated heterocycles. The molecule has 2 N–H and O–H groups in total. The van der Waals surface area contributed by atoms with Crippen LogP contribution in [0, 0.1) is 0 Å². The van der Waals surface area contributed by atoms with E-state index < -0.39 is 10.0 Å². The zero-order valence-electron chi connectivity index (χ0n) is 19.0. The Morgan fingerprint density at radius 2 is 1.82 bits per heavy atom. The van der Waals surface area contributed by atoms with Crippen molar-refractivity contribution in [2.75, 3.05) is 19.0 Å². The van der Waals surface area contributed by atoms with Crippen molar-refractivity contribution < 1.29 is 17.9 Å². The highest BCUT2D eigenvalue weighted by atomic mass is 32.2. The Hall–Kier alpha value is -2.49. The van der Waals surface area contributed by atoms with Gasteiger partial charge in [-0.05, 0) is 73.9 Å². The van der Waals surface area contributed by atoms with Gasteiger partial charge in [-0.1, -0.05) is 32.3 Å². The van der Waals surface area contributed by atoms with Crippen molar-refractivity contribution in [3.63, 3.8) is 0 Å². The first-order valence-electron chi connectivity index (χ1n) is 11.2. The van der Waals surface area contributed by atoms with Gasteiger partial charge in [0.2, 0.25) is 10.0 Å². The van der Waals surface area contributed by atoms with Gasteiger partial charge in [0.25, 0.3) is 5.91 Å². The standard InChI is InChI=1S/C24H31N3O4S2/c1-3-16-31-21-11-7-8-18(17-21)23(28)26-24(32)25-19-12-14-22(15-13-19)33(29,30)27(2)20-9-5-4-6-10-20/h7-8,11-15,17,20H,3-6,9-10,16H2,1-2H3,(H2,25,26,28,32). The minimum atomic E-state index is -3.56. The van der Waals surface area contributed by atoms with Crippen LogP contribution in [0.3, 0.4) is 0 Å². The first kappa shape index (κ1) is 25.1. The van der Waals surface area contributed by atoms with E-state index in [1.165, 1.54) is 10.7 Å². The number of sulfonamides is 1. The fourth-order valence-corrected chi connectivity index (χ4v) is 5.43. The summed E-state index contributed by atoms with van der Waals surface area (Å²) in [6.45, 7) is 2.59. The SMILES string of the molecule is CCCOc1cccc(C(=O)NC(=S)Nc2ccc(S(=O)(=O)N(C)C3CCCCC3)cc2)c1. The van der Waals surface area contributed by atoms with Crippen molar-refractivity contribution in [3.05, 3.63) is 54.1 Å². The quantitative estimate of drug-likeness (QED) is 0.529. The predicted molar refractivity (Wildman–Crippen MR) is 134 cm³/mol. The topological polar surface area (TPSA) is 87.7 Å². The number of carbonyl (C=O) groups excluding carboxylic acids is 1. The number of nitrogens with one attached hydrogen (secondary N) is 2. The van der Waals surface area contributed by atoms with Crippen LogP contribution in [0.15, 0.2) is 53.4 Å². The maximum Gasteiger partial charge on any atom is 0.257 e. The van der Waals surface area contributed by atoms with Gasteiger partial charge in [-0.2, -0.15) is 4.31 Å². The number of anilines is 1. The maximum atomic E-state index is 13.0. The van der Waals surface area contributed by atoms with Gasteiger partial charge in [-0.3, -0.25) is 10.1 Å². The second-order valence-corrected chi connectivity index (χ2v) is 10.5. The third-order valence-corrected chi connectivity index (χ3v) is 7.80. The fraction of sp³-hybridized carbons (Fsp3) is 0.417. The Balaban J connectivity index is 1.59. The molecule has 1 fully saturated rings. The van der Waals surface area contributed by atoms with Gasteiger partial charge >= 0.3 is 0 Å². The molecule has 1 aliphatic carbocycles. The van der Waals surface area contributed by atoms with Crippen LogP contribution in [0.25, 0.3) is 0 Å². The zero-order chi connectivity index (χ0) is 23.8. The van der Waals surface area contributed by atoms with Gasteiger partial charge in [0, 0.05) is 24.3 Å². The third-order valence-electron chi connectivity index (χ3n) is 5.67. The van der Waals surface area contributed by atoms with E-state index in [0.29, 0.717) is 23.6 Å². The number of ether oxygens (including phenoxy) is 1. The highest BCUT2D eigenvalue weighted by Crippen LogP contribution is 2.27. The largest absolute Gasteiger partial charge is 0.494 e. The van der Waals surface area contributed by atoms with E-state index >= 15 is 0 Å². The van der Waals surface area contributed by atoms with E-state index in [1.807, 2.05) is 6.92 Å². The van der Waals surface area contributed by atoms with E-state index in [1.54, 1.807) is 55.6 Å². The Bertz CT molecular complexity index is 1070. The van der Waals surface area contributed by atoms with Crippen LogP contribution in [0.2, 0.25) is 0 Å². The van der Waals surface area contributed by atoms with Crippen LogP contribution < -0.4 is 15.4 Å². The molecular formula is C24H31N3O4S2. The Morgan fingerprint density at radius 3 is 2.48 bits per heavy atom. The lowest BCUT2D eigenvalue weighted by atomic mass is 9.96. The van der Waals surface area contributed by atoms with Crippen molar-refractivity contribution in [1.82, 2.24) is 9.62 Å². The normalized spacial score (nSPS) is 14.6. The molecule has 0 aliphatic heterocycles. The first-order chi connectivity index (χ1) is 15.8. The lowest BCUT2D eigenvalue weighted by Gasteiger charge is -2.30. The molecule has 0 radical (unpaired) electrons. The zero-order valence-corrected chi connectivity index (χ0v) is 20.7. The summed E-state index contributed by atoms with van der Waals surface area (Å²) < 4.78 is 33.0. The smallest absolute Gasteiger partial charge is 0.257 e. The molecular weight excluding hydrogens is 458 g/mol. The molecule has 9 heteroatoms. The molecule has 1 amide bonds. The summed E-state index contributed by atoms with van der Waals surface area (Å²) >= 11 is 5.25. The van der Waals surface area contributed by atoms with E-state index in [9.17, 15) is 13.2 Å². The number of hydrogen-bond donors (Lipinski definition) is 2. The lowest BCUT2D eigenvalue weighted by molar-refractivity contribution is 0.0977. The average molecular weight is 490 g/mol. The number of benzene rings is 2. The van der Waals surface area contributed by atoms with Crippen molar-refractivity contribution in [2.45, 2.75) is 56.4 Å². The van der Waals surface area contributed by atoms with Crippen molar-refractivity contribution >= 4 is 38.9 Å². The second kappa shape index (κ2) is 11.6. The maximum absolute atomic E-state index is 13.0. The van der Waals surface area contributed by atoms with Gasteiger partial charge in [-0.25, -0.2) is 8.42 Å². The summed E-state index contributed by atoms with van der Waals surface area (Å²) in [6.07, 6.45) is 5.97. The van der Waals surface area contributed by atoms with Crippen molar-refractivity contribution in [1.29, 1.82) is 0 Å². The molecule has 3 rings (SSSR count). The lowest BCUT2D eigenvalue weighted by Crippen LogP contribution is -2.38. The molecule has 0 bridgehead atoms. The van der Waals surface area contributed by atoms with Gasteiger partial charge in [-0.15, -0.1) is 0 Å². The van der Waals surface area contributed by atoms with E-state index in [2.05, 4.69) is 10.6 Å². The molecule has 0 heterocycles. The van der Waals surface area contributed by atoms with Crippen LogP contribution in [0.4, 0.5) is 5.69 Å². The molecule has 2 aromatic carbocycles. The van der Waals surface area contributed by atoms with Crippen molar-refractivity contribution in [3.8, 4) is 5.75 Å². The molecule has 0 spiro atoms. The minimum Gasteiger partial charge on any atom is -0.494 e. The van der Waals surface area contributed by atoms with E-state index in [-0.39, 0.29) is 22.0 Å². The molecule has 33 heavy (non-hydrogen) atoms. The van der Waals surface area contributed by atoms with Crippen LogP contribution in [-0.4, -0.2) is 43.4 Å². The predicted octanol–water partition coefficient (Wildman–Crippen LogP) is 4.56. The first-order valence-corrected chi connectivity index (χ1v) is 13.1.